The van der Waals surface area contributed by atoms with Gasteiger partial charge in [-0.05, 0) is 24.6 Å². The molecule has 5 atom stereocenters. The van der Waals surface area contributed by atoms with E-state index in [4.69, 9.17) is 25.1 Å². The molecule has 0 spiro atoms. The average Bonchev–Trinajstić information content (AvgIpc) is 3.82. The molecule has 0 saturated carbocycles. The molecule has 3 heterocycles. The van der Waals surface area contributed by atoms with E-state index in [1.54, 1.807) is 18.0 Å². The fourth-order valence-electron chi connectivity index (χ4n) is 6.12. The Hall–Kier alpha value is -4.27. The number of carbonyl (C=O) groups excluding carboxylic acids is 2. The number of likely N-dealkylation sites (N-methyl/N-ethyl adjacent to an activating group) is 1. The van der Waals surface area contributed by atoms with Crippen LogP contribution in [-0.4, -0.2) is 161 Å². The van der Waals surface area contributed by atoms with Crippen LogP contribution in [0.2, 0.25) is 0 Å². The second-order valence-electron chi connectivity index (χ2n) is 13.7. The van der Waals surface area contributed by atoms with Crippen molar-refractivity contribution in [3.63, 3.8) is 0 Å². The lowest BCUT2D eigenvalue weighted by molar-refractivity contribution is -0.148. The lowest BCUT2D eigenvalue weighted by atomic mass is 10.0. The number of alkyl halides is 3. The molecule has 0 aliphatic carbocycles. The summed E-state index contributed by atoms with van der Waals surface area (Å²) in [4.78, 5) is 32.3. The van der Waals surface area contributed by atoms with Gasteiger partial charge >= 0.3 is 12.1 Å². The number of rotatable bonds is 23. The zero-order valence-electron chi connectivity index (χ0n) is 32.0. The van der Waals surface area contributed by atoms with Crippen molar-refractivity contribution in [1.82, 2.24) is 34.3 Å². The van der Waals surface area contributed by atoms with Crippen molar-refractivity contribution in [3.05, 3.63) is 64.3 Å². The summed E-state index contributed by atoms with van der Waals surface area (Å²) in [7, 11) is 0. The molecule has 7 N–H and O–H groups in total. The molecule has 3 aromatic rings. The van der Waals surface area contributed by atoms with E-state index < -0.39 is 97.1 Å². The molecular weight excluding hydrogens is 806 g/mol. The zero-order chi connectivity index (χ0) is 43.4. The van der Waals surface area contributed by atoms with E-state index >= 15 is 0 Å². The number of halogens is 6. The maximum Gasteiger partial charge on any atom is 0.449 e. The van der Waals surface area contributed by atoms with Gasteiger partial charge in [0.1, 0.15) is 30.7 Å². The van der Waals surface area contributed by atoms with Gasteiger partial charge < -0.3 is 54.9 Å². The predicted octanol–water partition coefficient (Wildman–Crippen LogP) is -0.639. The molecule has 1 aliphatic heterocycles. The number of aliphatic hydroxyl groups is 5. The van der Waals surface area contributed by atoms with Crippen molar-refractivity contribution in [3.8, 4) is 0 Å². The first-order chi connectivity index (χ1) is 27.9. The highest BCUT2D eigenvalue weighted by atomic mass is 19.4. The third-order valence-corrected chi connectivity index (χ3v) is 9.30. The van der Waals surface area contributed by atoms with E-state index in [1.807, 2.05) is 0 Å². The molecule has 1 amide bonds. The Kier molecular flexibility index (Phi) is 17.5. The minimum Gasteiger partial charge on any atom is -0.458 e. The molecule has 1 aliphatic rings. The maximum atomic E-state index is 14.1. The van der Waals surface area contributed by atoms with E-state index in [0.717, 1.165) is 9.47 Å². The number of nitrogens with zero attached hydrogens (tertiary/aromatic N) is 7. The summed E-state index contributed by atoms with van der Waals surface area (Å²) in [5.74, 6) is -6.90. The summed E-state index contributed by atoms with van der Waals surface area (Å²) in [6.07, 6.45) is -10.5. The number of aromatic nitrogens is 5. The van der Waals surface area contributed by atoms with Crippen LogP contribution >= 0.6 is 0 Å². The van der Waals surface area contributed by atoms with Crippen LogP contribution in [0.1, 0.15) is 46.6 Å². The molecule has 330 valence electrons. The number of hydrogen-bond donors (Lipinski definition) is 6. The molecular formula is C35H48F6N8O10. The average molecular weight is 855 g/mol. The van der Waals surface area contributed by atoms with Crippen molar-refractivity contribution in [1.29, 1.82) is 0 Å². The second kappa shape index (κ2) is 21.8. The van der Waals surface area contributed by atoms with E-state index in [0.29, 0.717) is 30.9 Å². The Morgan fingerprint density at radius 1 is 0.949 bits per heavy atom. The highest BCUT2D eigenvalue weighted by molar-refractivity contribution is 5.89. The summed E-state index contributed by atoms with van der Waals surface area (Å²) in [6.45, 7) is 0.893. The van der Waals surface area contributed by atoms with Crippen molar-refractivity contribution >= 4 is 11.9 Å². The summed E-state index contributed by atoms with van der Waals surface area (Å²) in [5, 5.41) is 56.7. The minimum atomic E-state index is -4.93. The van der Waals surface area contributed by atoms with Crippen LogP contribution in [0.25, 0.3) is 0 Å². The Bertz CT molecular complexity index is 1840. The third kappa shape index (κ3) is 13.4. The van der Waals surface area contributed by atoms with Crippen molar-refractivity contribution in [2.24, 2.45) is 5.73 Å². The van der Waals surface area contributed by atoms with Crippen LogP contribution in [0.15, 0.2) is 18.3 Å². The van der Waals surface area contributed by atoms with Gasteiger partial charge in [-0.2, -0.15) is 13.2 Å². The van der Waals surface area contributed by atoms with Crippen LogP contribution in [-0.2, 0) is 57.8 Å². The summed E-state index contributed by atoms with van der Waals surface area (Å²) in [5.41, 5.74) is 5.39. The van der Waals surface area contributed by atoms with Crippen molar-refractivity contribution < 1.29 is 75.7 Å². The number of ether oxygens (including phenoxy) is 3. The Labute approximate surface area is 333 Å². The molecule has 2 aromatic heterocycles. The van der Waals surface area contributed by atoms with Gasteiger partial charge in [0.15, 0.2) is 17.3 Å². The van der Waals surface area contributed by atoms with Gasteiger partial charge in [-0.25, -0.2) is 27.6 Å². The maximum absolute atomic E-state index is 14.1. The molecule has 0 bridgehead atoms. The number of hydrogen-bond acceptors (Lipinski definition) is 15. The Morgan fingerprint density at radius 3 is 2.29 bits per heavy atom. The lowest BCUT2D eigenvalue weighted by Gasteiger charge is -2.30. The van der Waals surface area contributed by atoms with Gasteiger partial charge in [-0.3, -0.25) is 9.69 Å². The minimum absolute atomic E-state index is 0.0657. The van der Waals surface area contributed by atoms with E-state index in [1.165, 1.54) is 4.68 Å². The van der Waals surface area contributed by atoms with Gasteiger partial charge in [0, 0.05) is 50.9 Å². The molecule has 0 radical (unpaired) electrons. The molecule has 4 rings (SSSR count). The number of benzene rings is 1. The highest BCUT2D eigenvalue weighted by Crippen LogP contribution is 2.33. The van der Waals surface area contributed by atoms with Crippen LogP contribution in [0.3, 0.4) is 0 Å². The van der Waals surface area contributed by atoms with Gasteiger partial charge in [0.2, 0.25) is 11.7 Å². The van der Waals surface area contributed by atoms with Gasteiger partial charge in [-0.15, -0.1) is 5.10 Å². The Balaban J connectivity index is 1.17. The monoisotopic (exact) mass is 854 g/mol. The largest absolute Gasteiger partial charge is 0.458 e. The molecule has 1 unspecified atom stereocenters. The fraction of sp³-hybridized carbons (Fsp3) is 0.629. The van der Waals surface area contributed by atoms with Crippen molar-refractivity contribution in [2.75, 3.05) is 59.3 Å². The normalized spacial score (nSPS) is 15.9. The van der Waals surface area contributed by atoms with Crippen molar-refractivity contribution in [2.45, 2.75) is 82.6 Å². The number of fused-ring (bicyclic) bond motifs is 1. The summed E-state index contributed by atoms with van der Waals surface area (Å²) < 4.78 is 101. The van der Waals surface area contributed by atoms with Gasteiger partial charge in [0.25, 0.3) is 0 Å². The second-order valence-corrected chi connectivity index (χ2v) is 13.7. The fourth-order valence-corrected chi connectivity index (χ4v) is 6.12. The van der Waals surface area contributed by atoms with E-state index in [2.05, 4.69) is 15.3 Å². The first-order valence-electron chi connectivity index (χ1n) is 18.5. The quantitative estimate of drug-likeness (QED) is 0.0301. The SMILES string of the molecule is CCN(Cc1cn(CCOCCOCCOC(=O)c2nc(C(F)(F)F)n3c2CN(C(=O)CC(N)Cc2cc(F)c(F)cc2F)CC3)nn1)C[C@H](O)[C@@H](O)[C@H](O)[C@H](O)CO. The van der Waals surface area contributed by atoms with Crippen LogP contribution in [0.4, 0.5) is 26.3 Å². The number of esters is 1. The molecule has 18 nitrogen and oxygen atoms in total. The predicted molar refractivity (Wildman–Crippen MR) is 189 cm³/mol. The molecule has 59 heavy (non-hydrogen) atoms. The van der Waals surface area contributed by atoms with Gasteiger partial charge in [0.05, 0.1) is 63.6 Å². The van der Waals surface area contributed by atoms with Crippen LogP contribution in [0.5, 0.6) is 0 Å². The first kappa shape index (κ1) is 47.4. The highest BCUT2D eigenvalue weighted by Gasteiger charge is 2.42. The smallest absolute Gasteiger partial charge is 0.449 e. The number of aliphatic hydroxyl groups excluding tert-OH is 5. The first-order valence-corrected chi connectivity index (χ1v) is 18.5. The van der Waals surface area contributed by atoms with E-state index in [-0.39, 0.29) is 76.9 Å². The number of imidazole rings is 1. The third-order valence-electron chi connectivity index (χ3n) is 9.30. The zero-order valence-corrected chi connectivity index (χ0v) is 32.0. The number of carbonyl (C=O) groups is 2. The summed E-state index contributed by atoms with van der Waals surface area (Å²) in [6, 6.07) is -0.0620. The van der Waals surface area contributed by atoms with Crippen LogP contribution < -0.4 is 5.73 Å². The molecule has 1 aromatic carbocycles. The topological polar surface area (TPSA) is 244 Å². The molecule has 0 fully saturated rings. The van der Waals surface area contributed by atoms with E-state index in [9.17, 15) is 56.4 Å². The number of nitrogens with two attached hydrogens (primary N) is 1. The molecule has 24 heteroatoms. The Morgan fingerprint density at radius 2 is 1.61 bits per heavy atom. The standard InChI is InChI=1S/C35H48F6N8O10/c1-2-46(18-27(51)31(54)32(55)28(52)19-50)15-22-16-48(45-44-22)5-6-57-7-8-58-9-10-59-33(56)30-26-17-47(3-4-49(26)34(43-30)35(39,40)41)29(53)13-21(42)11-20-12-24(37)25(38)14-23(20)36/h12,14,16,21,27-28,31-32,50-52,54-55H,2-11,13,15,17-19,42H2,1H3/t21?,27-,28+,31+,32+/m0/s1. The number of amides is 1. The lowest BCUT2D eigenvalue weighted by Crippen LogP contribution is -2.49. The van der Waals surface area contributed by atoms with Crippen LogP contribution in [0, 0.1) is 17.5 Å². The summed E-state index contributed by atoms with van der Waals surface area (Å²) >= 11 is 0. The molecule has 0 saturated heterocycles. The van der Waals surface area contributed by atoms with Gasteiger partial charge in [-0.1, -0.05) is 12.1 Å².